The fourth-order valence-electron chi connectivity index (χ4n) is 0.720. The summed E-state index contributed by atoms with van der Waals surface area (Å²) in [6.07, 6.45) is 1.23. The highest BCUT2D eigenvalue weighted by Gasteiger charge is 2.16. The normalized spacial score (nSPS) is 21.4. The quantitative estimate of drug-likeness (QED) is 0.544. The molecule has 0 aromatic heterocycles. The van der Waals surface area contributed by atoms with Gasteiger partial charge in [-0.2, -0.15) is 0 Å². The van der Waals surface area contributed by atoms with Gasteiger partial charge in [-0.25, -0.2) is 0 Å². The lowest BCUT2D eigenvalue weighted by Gasteiger charge is -2.34. The average molecular weight is 240 g/mol. The third kappa shape index (κ3) is 4.54. The van der Waals surface area contributed by atoms with Gasteiger partial charge in [0.05, 0.1) is 20.7 Å². The monoisotopic (exact) mass is 240 g/mol. The molecule has 14 heavy (non-hydrogen) atoms. The summed E-state index contributed by atoms with van der Waals surface area (Å²) in [4.78, 5) is 21.9. The van der Waals surface area contributed by atoms with Gasteiger partial charge < -0.3 is 24.0 Å². The summed E-state index contributed by atoms with van der Waals surface area (Å²) in [6.45, 7) is 2.20. The summed E-state index contributed by atoms with van der Waals surface area (Å²) >= 11 is 0. The van der Waals surface area contributed by atoms with Gasteiger partial charge in [0.25, 0.3) is 0 Å². The number of aliphatic hydroxyl groups excluding tert-OH is 1. The highest BCUT2D eigenvalue weighted by Crippen LogP contribution is 2.68. The first kappa shape index (κ1) is 14.1. The molecule has 0 fully saturated rings. The van der Waals surface area contributed by atoms with E-state index >= 15 is 0 Å². The molecule has 0 saturated carbocycles. The van der Waals surface area contributed by atoms with Crippen molar-refractivity contribution in [2.75, 3.05) is 19.4 Å². The third-order valence-corrected chi connectivity index (χ3v) is 7.56. The Morgan fingerprint density at radius 3 is 2.29 bits per heavy atom. The number of hydrogen-bond acceptors (Lipinski definition) is 5. The minimum Gasteiger partial charge on any atom is -0.795 e. The second-order valence-corrected chi connectivity index (χ2v) is 10.5. The molecule has 7 heteroatoms. The molecule has 2 atom stereocenters. The molecule has 0 aliphatic heterocycles. The molecule has 0 spiro atoms. The van der Waals surface area contributed by atoms with Crippen LogP contribution in [0, 0.1) is 0 Å². The van der Waals surface area contributed by atoms with Gasteiger partial charge in [0.15, 0.2) is 0 Å². The molecule has 0 rings (SSSR count). The fourth-order valence-corrected chi connectivity index (χ4v) is 2.98. The van der Waals surface area contributed by atoms with Crippen LogP contribution >= 0.6 is 14.1 Å². The van der Waals surface area contributed by atoms with Gasteiger partial charge in [0.2, 0.25) is 0 Å². The van der Waals surface area contributed by atoms with Crippen molar-refractivity contribution in [2.24, 2.45) is 0 Å². The summed E-state index contributed by atoms with van der Waals surface area (Å²) in [5, 5.41) is 8.59. The first-order valence-corrected chi connectivity index (χ1v) is 8.65. The predicted molar refractivity (Wildman–Crippen MR) is 51.5 cm³/mol. The van der Waals surface area contributed by atoms with Crippen LogP contribution in [0.15, 0.2) is 11.6 Å². The maximum Gasteiger partial charge on any atom is 0.0639 e. The Morgan fingerprint density at radius 1 is 1.43 bits per heavy atom. The van der Waals surface area contributed by atoms with Gasteiger partial charge in [0.1, 0.15) is 0 Å². The zero-order valence-corrected chi connectivity index (χ0v) is 9.96. The van der Waals surface area contributed by atoms with E-state index in [1.54, 1.807) is 6.92 Å². The van der Waals surface area contributed by atoms with Gasteiger partial charge in [-0.05, 0) is 26.2 Å². The van der Waals surface area contributed by atoms with Crippen LogP contribution in [-0.2, 0) is 9.13 Å². The van der Waals surface area contributed by atoms with E-state index in [4.69, 9.17) is 5.11 Å². The van der Waals surface area contributed by atoms with Crippen molar-refractivity contribution in [2.45, 2.75) is 13.3 Å². The first-order valence-electron chi connectivity index (χ1n) is 4.06. The van der Waals surface area contributed by atoms with E-state index in [1.807, 2.05) is 0 Å². The van der Waals surface area contributed by atoms with E-state index in [0.29, 0.717) is 12.2 Å². The van der Waals surface area contributed by atoms with Crippen LogP contribution in [0.5, 0.6) is 0 Å². The number of allylic oxidation sites excluding steroid dienone is 1. The maximum absolute atomic E-state index is 11.1. The molecule has 2 unspecified atom stereocenters. The van der Waals surface area contributed by atoms with Gasteiger partial charge in [0, 0.05) is 0 Å². The van der Waals surface area contributed by atoms with Crippen molar-refractivity contribution in [1.82, 2.24) is 0 Å². The summed E-state index contributed by atoms with van der Waals surface area (Å²) in [5.74, 6) is 0. The topological polar surface area (TPSA) is 100 Å². The third-order valence-electron chi connectivity index (χ3n) is 1.71. The molecule has 0 amide bonds. The Kier molecular flexibility index (Phi) is 5.27. The Balaban J connectivity index is 4.29. The van der Waals surface area contributed by atoms with E-state index in [1.165, 1.54) is 6.08 Å². The molecular weight excluding hydrogens is 226 g/mol. The molecule has 0 aliphatic rings. The Morgan fingerprint density at radius 2 is 1.93 bits per heavy atom. The average Bonchev–Trinajstić information content (AvgIpc) is 2.01. The number of hydrogen-bond donors (Lipinski definition) is 1. The number of aliphatic hydroxyl groups is 1. The van der Waals surface area contributed by atoms with Crippen LogP contribution in [0.3, 0.4) is 0 Å². The van der Waals surface area contributed by atoms with Crippen molar-refractivity contribution < 1.29 is 24.0 Å². The molecule has 0 aliphatic carbocycles. The summed E-state index contributed by atoms with van der Waals surface area (Å²) in [6, 6.07) is 0. The largest absolute Gasteiger partial charge is 0.795 e. The van der Waals surface area contributed by atoms with Gasteiger partial charge in [-0.15, -0.1) is 0 Å². The highest BCUT2D eigenvalue weighted by molar-refractivity contribution is 8.29. The number of rotatable bonds is 5. The minimum atomic E-state index is -4.32. The molecule has 0 aromatic carbocycles. The van der Waals surface area contributed by atoms with Gasteiger partial charge in [-0.1, -0.05) is 11.6 Å². The SMILES string of the molecule is C/C(=C\CCP(=O)([O-])P(C)(=O)[O-])CO. The van der Waals surface area contributed by atoms with E-state index in [2.05, 4.69) is 0 Å². The standard InChI is InChI=1S/C7H16O5P2/c1-7(6-8)4-3-5-14(11,12)13(2,9)10/h4,8H,3,5-6H2,1-2H3,(H,9,10)(H,11,12)/p-2/b7-4+. The van der Waals surface area contributed by atoms with Crippen molar-refractivity contribution in [3.05, 3.63) is 11.6 Å². The lowest BCUT2D eigenvalue weighted by Crippen LogP contribution is -2.11. The van der Waals surface area contributed by atoms with Gasteiger partial charge in [-0.3, -0.25) is 0 Å². The smallest absolute Gasteiger partial charge is 0.0639 e. The summed E-state index contributed by atoms with van der Waals surface area (Å²) < 4.78 is 21.9. The predicted octanol–water partition coefficient (Wildman–Crippen LogP) is 0.137. The van der Waals surface area contributed by atoms with Crippen molar-refractivity contribution >= 4 is 14.1 Å². The second-order valence-electron chi connectivity index (χ2n) is 3.16. The van der Waals surface area contributed by atoms with Crippen LogP contribution in [0.4, 0.5) is 0 Å². The summed E-state index contributed by atoms with van der Waals surface area (Å²) in [7, 11) is -8.60. The van der Waals surface area contributed by atoms with Crippen molar-refractivity contribution in [3.8, 4) is 0 Å². The van der Waals surface area contributed by atoms with Crippen LogP contribution < -0.4 is 9.79 Å². The molecule has 0 saturated heterocycles. The highest BCUT2D eigenvalue weighted by atomic mass is 32.1. The molecule has 1 N–H and O–H groups in total. The molecule has 5 nitrogen and oxygen atoms in total. The van der Waals surface area contributed by atoms with Crippen LogP contribution in [-0.4, -0.2) is 24.5 Å². The lowest BCUT2D eigenvalue weighted by atomic mass is 10.3. The van der Waals surface area contributed by atoms with Crippen molar-refractivity contribution in [3.63, 3.8) is 0 Å². The van der Waals surface area contributed by atoms with E-state index in [0.717, 1.165) is 0 Å². The Hall–Kier alpha value is 0.0800. The first-order chi connectivity index (χ1) is 6.20. The zero-order chi connectivity index (χ0) is 11.4. The molecule has 0 bridgehead atoms. The molecule has 0 aromatic rings. The Labute approximate surface area is 83.3 Å². The van der Waals surface area contributed by atoms with Gasteiger partial charge >= 0.3 is 0 Å². The molecule has 84 valence electrons. The fraction of sp³-hybridized carbons (Fsp3) is 0.714. The molecule has 0 heterocycles. The molecule has 0 radical (unpaired) electrons. The van der Waals surface area contributed by atoms with E-state index < -0.39 is 20.3 Å². The minimum absolute atomic E-state index is 0.118. The van der Waals surface area contributed by atoms with Crippen LogP contribution in [0.2, 0.25) is 0 Å². The zero-order valence-electron chi connectivity index (χ0n) is 8.17. The van der Waals surface area contributed by atoms with E-state index in [9.17, 15) is 18.9 Å². The van der Waals surface area contributed by atoms with Crippen LogP contribution in [0.25, 0.3) is 0 Å². The van der Waals surface area contributed by atoms with Crippen LogP contribution in [0.1, 0.15) is 13.3 Å². The molecular formula is C7H14O5P2-2. The summed E-state index contributed by atoms with van der Waals surface area (Å²) in [5.41, 5.74) is 0.627. The lowest BCUT2D eigenvalue weighted by molar-refractivity contribution is -0.194. The maximum atomic E-state index is 11.1. The van der Waals surface area contributed by atoms with E-state index in [-0.39, 0.29) is 13.0 Å². The second kappa shape index (κ2) is 5.24. The van der Waals surface area contributed by atoms with Crippen molar-refractivity contribution in [1.29, 1.82) is 0 Å². The Bertz CT molecular complexity index is 303.